The smallest absolute Gasteiger partial charge is 0.307 e. The van der Waals surface area contributed by atoms with Gasteiger partial charge >= 0.3 is 5.97 Å². The Labute approximate surface area is 235 Å². The molecule has 1 aliphatic carbocycles. The highest BCUT2D eigenvalue weighted by Gasteiger charge is 2.47. The number of alkyl halides is 2. The Morgan fingerprint density at radius 3 is 2.48 bits per heavy atom. The zero-order chi connectivity index (χ0) is 28.2. The Morgan fingerprint density at radius 1 is 1.10 bits per heavy atom. The lowest BCUT2D eigenvalue weighted by Crippen LogP contribution is -2.58. The van der Waals surface area contributed by atoms with Crippen LogP contribution in [0.1, 0.15) is 39.9 Å². The average molecular weight is 568 g/mol. The fourth-order valence-corrected chi connectivity index (χ4v) is 7.12. The zero-order valence-corrected chi connectivity index (χ0v) is 23.2. The number of nitrogens with zero attached hydrogens (tertiary/aromatic N) is 3. The summed E-state index contributed by atoms with van der Waals surface area (Å²) in [5, 5.41) is 12.6. The normalized spacial score (nSPS) is 23.1. The fraction of sp³-hybridized carbons (Fsp3) is 0.433. The van der Waals surface area contributed by atoms with E-state index in [4.69, 9.17) is 9.72 Å². The van der Waals surface area contributed by atoms with Crippen molar-refractivity contribution < 1.29 is 28.2 Å². The number of hydrogen-bond acceptors (Lipinski definition) is 6. The Hall–Kier alpha value is -3.53. The molecule has 2 unspecified atom stereocenters. The summed E-state index contributed by atoms with van der Waals surface area (Å²) in [6, 6.07) is 11.2. The molecule has 3 aliphatic rings. The maximum Gasteiger partial charge on any atom is 0.307 e. The SMILES string of the molecule is Cc1ccc(OCc2ccc(C(=O)N3CC(F)(F)C3)cc2C)c(-c2csc(N3CC4CC[C@H](C3)C4C(=O)O)n2)c1. The number of piperidine rings is 1. The third kappa shape index (κ3) is 5.05. The van der Waals surface area contributed by atoms with Crippen LogP contribution in [0.15, 0.2) is 41.8 Å². The number of aryl methyl sites for hydroxylation is 2. The van der Waals surface area contributed by atoms with Crippen LogP contribution in [0.2, 0.25) is 0 Å². The van der Waals surface area contributed by atoms with E-state index < -0.39 is 25.0 Å². The molecule has 0 radical (unpaired) electrons. The summed E-state index contributed by atoms with van der Waals surface area (Å²) in [5.74, 6) is -3.08. The summed E-state index contributed by atoms with van der Waals surface area (Å²) in [6.07, 6.45) is 1.91. The molecule has 1 saturated carbocycles. The lowest BCUT2D eigenvalue weighted by atomic mass is 9.85. The van der Waals surface area contributed by atoms with Gasteiger partial charge in [-0.25, -0.2) is 13.8 Å². The summed E-state index contributed by atoms with van der Waals surface area (Å²) in [4.78, 5) is 32.6. The Balaban J connectivity index is 1.16. The summed E-state index contributed by atoms with van der Waals surface area (Å²) < 4.78 is 32.6. The van der Waals surface area contributed by atoms with Crippen LogP contribution in [0, 0.1) is 31.6 Å². The van der Waals surface area contributed by atoms with E-state index in [-0.39, 0.29) is 30.3 Å². The Kier molecular flexibility index (Phi) is 6.76. The molecule has 6 rings (SSSR count). The number of halogens is 2. The molecule has 3 atom stereocenters. The second kappa shape index (κ2) is 10.1. The van der Waals surface area contributed by atoms with Crippen molar-refractivity contribution in [3.8, 4) is 17.0 Å². The van der Waals surface area contributed by atoms with Gasteiger partial charge in [-0.05, 0) is 73.9 Å². The van der Waals surface area contributed by atoms with Crippen LogP contribution in [-0.4, -0.2) is 59.0 Å². The van der Waals surface area contributed by atoms with Gasteiger partial charge in [0.15, 0.2) is 5.13 Å². The van der Waals surface area contributed by atoms with E-state index >= 15 is 0 Å². The molecular formula is C30H31F2N3O4S. The van der Waals surface area contributed by atoms with Crippen molar-refractivity contribution in [3.05, 3.63) is 64.0 Å². The molecule has 1 amide bonds. The summed E-state index contributed by atoms with van der Waals surface area (Å²) in [7, 11) is 0. The zero-order valence-electron chi connectivity index (χ0n) is 22.4. The third-order valence-electron chi connectivity index (χ3n) is 8.40. The van der Waals surface area contributed by atoms with Gasteiger partial charge in [0, 0.05) is 29.6 Å². The third-order valence-corrected chi connectivity index (χ3v) is 9.30. The maximum absolute atomic E-state index is 13.2. The number of anilines is 1. The lowest BCUT2D eigenvalue weighted by Gasteiger charge is -2.38. The highest BCUT2D eigenvalue weighted by molar-refractivity contribution is 7.14. The van der Waals surface area contributed by atoms with E-state index in [2.05, 4.69) is 4.90 Å². The van der Waals surface area contributed by atoms with Crippen molar-refractivity contribution in [2.75, 3.05) is 31.1 Å². The number of amides is 1. The van der Waals surface area contributed by atoms with Crippen molar-refractivity contribution in [2.24, 2.45) is 17.8 Å². The predicted octanol–water partition coefficient (Wildman–Crippen LogP) is 5.64. The van der Waals surface area contributed by atoms with E-state index in [1.807, 2.05) is 43.5 Å². The van der Waals surface area contributed by atoms with Crippen LogP contribution < -0.4 is 9.64 Å². The first-order valence-corrected chi connectivity index (χ1v) is 14.4. The number of carbonyl (C=O) groups is 2. The highest BCUT2D eigenvalue weighted by atomic mass is 32.1. The second-order valence-corrected chi connectivity index (χ2v) is 12.2. The van der Waals surface area contributed by atoms with Gasteiger partial charge in [-0.15, -0.1) is 11.3 Å². The molecule has 2 bridgehead atoms. The van der Waals surface area contributed by atoms with Gasteiger partial charge in [0.25, 0.3) is 11.8 Å². The molecule has 210 valence electrons. The van der Waals surface area contributed by atoms with Crippen molar-refractivity contribution in [3.63, 3.8) is 0 Å². The minimum atomic E-state index is -2.79. The van der Waals surface area contributed by atoms with Crippen LogP contribution in [0.3, 0.4) is 0 Å². The van der Waals surface area contributed by atoms with Crippen LogP contribution >= 0.6 is 11.3 Å². The van der Waals surface area contributed by atoms with Gasteiger partial charge in [-0.2, -0.15) is 0 Å². The average Bonchev–Trinajstić information content (AvgIpc) is 3.49. The number of aromatic nitrogens is 1. The van der Waals surface area contributed by atoms with E-state index in [1.165, 1.54) is 0 Å². The molecule has 2 aliphatic heterocycles. The number of carbonyl (C=O) groups excluding carboxylic acids is 1. The number of likely N-dealkylation sites (tertiary alicyclic amines) is 1. The summed E-state index contributed by atoms with van der Waals surface area (Å²) in [6.45, 7) is 4.54. The fourth-order valence-electron chi connectivity index (χ4n) is 6.27. The van der Waals surface area contributed by atoms with Crippen LogP contribution in [0.25, 0.3) is 11.3 Å². The highest BCUT2D eigenvalue weighted by Crippen LogP contribution is 2.44. The van der Waals surface area contributed by atoms with Gasteiger partial charge < -0.3 is 19.6 Å². The van der Waals surface area contributed by atoms with Crippen LogP contribution in [0.4, 0.5) is 13.9 Å². The number of thiazole rings is 1. The van der Waals surface area contributed by atoms with E-state index in [1.54, 1.807) is 23.5 Å². The van der Waals surface area contributed by atoms with Crippen molar-refractivity contribution in [1.82, 2.24) is 9.88 Å². The van der Waals surface area contributed by atoms with Crippen molar-refractivity contribution in [2.45, 2.75) is 39.2 Å². The Morgan fingerprint density at radius 2 is 1.82 bits per heavy atom. The number of rotatable bonds is 7. The number of hydrogen-bond donors (Lipinski definition) is 1. The standard InChI is InChI=1S/C30H31F2N3O4S/c1-17-3-8-25(39-13-22-7-4-19(10-18(22)2)27(36)35-15-30(31,32)16-35)23(9-17)24-14-40-29(33-24)34-11-20-5-6-21(12-34)26(20)28(37)38/h3-4,7-10,14,20-21,26H,5-6,11-13,15-16H2,1-2H3,(H,37,38)/t20-,21?,26?/m1/s1. The van der Waals surface area contributed by atoms with Gasteiger partial charge in [-0.1, -0.05) is 17.7 Å². The molecule has 2 saturated heterocycles. The number of carboxylic acid groups (broad SMARTS) is 1. The predicted molar refractivity (Wildman–Crippen MR) is 148 cm³/mol. The van der Waals surface area contributed by atoms with Gasteiger partial charge in [0.05, 0.1) is 24.7 Å². The first-order valence-electron chi connectivity index (χ1n) is 13.5. The van der Waals surface area contributed by atoms with Gasteiger partial charge in [0.2, 0.25) is 0 Å². The topological polar surface area (TPSA) is 83.0 Å². The molecule has 2 aromatic carbocycles. The number of fused-ring (bicyclic) bond motifs is 2. The van der Waals surface area contributed by atoms with E-state index in [0.717, 1.165) is 63.9 Å². The molecular weight excluding hydrogens is 536 g/mol. The molecule has 0 spiro atoms. The molecule has 1 N–H and O–H groups in total. The number of benzene rings is 2. The van der Waals surface area contributed by atoms with E-state index in [9.17, 15) is 23.5 Å². The largest absolute Gasteiger partial charge is 0.488 e. The first kappa shape index (κ1) is 26.7. The molecule has 3 heterocycles. The number of carboxylic acids is 1. The molecule has 10 heteroatoms. The van der Waals surface area contributed by atoms with Crippen molar-refractivity contribution in [1.29, 1.82) is 0 Å². The van der Waals surface area contributed by atoms with Gasteiger partial charge in [0.1, 0.15) is 12.4 Å². The second-order valence-electron chi connectivity index (χ2n) is 11.3. The van der Waals surface area contributed by atoms with Crippen molar-refractivity contribution >= 4 is 28.3 Å². The Bertz CT molecular complexity index is 1450. The molecule has 3 fully saturated rings. The first-order chi connectivity index (χ1) is 19.1. The molecule has 40 heavy (non-hydrogen) atoms. The van der Waals surface area contributed by atoms with Crippen LogP contribution in [0.5, 0.6) is 5.75 Å². The number of ether oxygens (including phenoxy) is 1. The quantitative estimate of drug-likeness (QED) is 0.398. The van der Waals surface area contributed by atoms with Gasteiger partial charge in [-0.3, -0.25) is 9.59 Å². The van der Waals surface area contributed by atoms with Crippen LogP contribution in [-0.2, 0) is 11.4 Å². The molecule has 1 aromatic heterocycles. The summed E-state index contributed by atoms with van der Waals surface area (Å²) >= 11 is 1.57. The monoisotopic (exact) mass is 567 g/mol. The molecule has 7 nitrogen and oxygen atoms in total. The minimum absolute atomic E-state index is 0.165. The lowest BCUT2D eigenvalue weighted by molar-refractivity contribution is -0.144. The number of aliphatic carboxylic acids is 1. The maximum atomic E-state index is 13.2. The minimum Gasteiger partial charge on any atom is -0.488 e. The van der Waals surface area contributed by atoms with E-state index in [0.29, 0.717) is 11.3 Å². The summed E-state index contributed by atoms with van der Waals surface area (Å²) in [5.41, 5.74) is 4.91. The molecule has 3 aromatic rings.